The summed E-state index contributed by atoms with van der Waals surface area (Å²) in [5.41, 5.74) is 1.86. The van der Waals surface area contributed by atoms with Crippen molar-refractivity contribution in [2.24, 2.45) is 0 Å². The predicted molar refractivity (Wildman–Crippen MR) is 136 cm³/mol. The number of imide groups is 2. The topological polar surface area (TPSA) is 74.8 Å². The first kappa shape index (κ1) is 19.8. The summed E-state index contributed by atoms with van der Waals surface area (Å²) >= 11 is 8.35. The molecule has 0 saturated carbocycles. The average Bonchev–Trinajstić information content (AvgIpc) is 2.85. The maximum absolute atomic E-state index is 13.0. The third-order valence-electron chi connectivity index (χ3n) is 7.09. The van der Waals surface area contributed by atoms with Crippen LogP contribution < -0.4 is 0 Å². The van der Waals surface area contributed by atoms with Gasteiger partial charge in [-0.15, -0.1) is 0 Å². The van der Waals surface area contributed by atoms with Gasteiger partial charge in [0.2, 0.25) is 0 Å². The molecule has 0 atom stereocenters. The van der Waals surface area contributed by atoms with Crippen molar-refractivity contribution in [1.82, 2.24) is 9.80 Å². The zero-order valence-corrected chi connectivity index (χ0v) is 19.2. The molecule has 0 fully saturated rings. The number of thiol groups is 2. The summed E-state index contributed by atoms with van der Waals surface area (Å²) in [6, 6.07) is 14.5. The van der Waals surface area contributed by atoms with Crippen LogP contribution in [-0.4, -0.2) is 45.2 Å². The van der Waals surface area contributed by atoms with Gasteiger partial charge in [0.25, 0.3) is 23.6 Å². The molecule has 0 radical (unpaired) electrons. The number of hydrogen-bond acceptors (Lipinski definition) is 6. The first-order valence-electron chi connectivity index (χ1n) is 10.6. The van der Waals surface area contributed by atoms with E-state index in [-0.39, 0.29) is 35.4 Å². The van der Waals surface area contributed by atoms with Crippen molar-refractivity contribution in [3.05, 3.63) is 70.8 Å². The van der Waals surface area contributed by atoms with Crippen molar-refractivity contribution in [2.75, 3.05) is 11.8 Å². The Morgan fingerprint density at radius 1 is 0.441 bits per heavy atom. The average molecular weight is 483 g/mol. The molecule has 164 valence electrons. The quantitative estimate of drug-likeness (QED) is 0.166. The van der Waals surface area contributed by atoms with E-state index in [9.17, 15) is 19.2 Å². The highest BCUT2D eigenvalue weighted by atomic mass is 32.1. The van der Waals surface area contributed by atoms with E-state index in [1.807, 2.05) is 24.3 Å². The van der Waals surface area contributed by atoms with Gasteiger partial charge >= 0.3 is 0 Å². The second-order valence-electron chi connectivity index (χ2n) is 8.50. The number of nitrogens with zero attached hydrogens (tertiary/aromatic N) is 2. The molecular weight excluding hydrogens is 468 g/mol. The van der Waals surface area contributed by atoms with E-state index in [4.69, 9.17) is 0 Å². The Labute approximate surface area is 203 Å². The summed E-state index contributed by atoms with van der Waals surface area (Å²) in [6.07, 6.45) is 0. The highest BCUT2D eigenvalue weighted by molar-refractivity contribution is 7.80. The molecule has 8 heteroatoms. The summed E-state index contributed by atoms with van der Waals surface area (Å²) < 4.78 is 0. The van der Waals surface area contributed by atoms with Crippen molar-refractivity contribution < 1.29 is 19.2 Å². The summed E-state index contributed by atoms with van der Waals surface area (Å²) in [6.45, 7) is 0. The lowest BCUT2D eigenvalue weighted by Gasteiger charge is -2.29. The van der Waals surface area contributed by atoms with Gasteiger partial charge in [0.05, 0.1) is 11.8 Å². The summed E-state index contributed by atoms with van der Waals surface area (Å²) in [5, 5.41) is 6.39. The van der Waals surface area contributed by atoms with Gasteiger partial charge in [-0.25, -0.2) is 0 Å². The lowest BCUT2D eigenvalue weighted by Crippen LogP contribution is -2.39. The Morgan fingerprint density at radius 2 is 0.706 bits per heavy atom. The van der Waals surface area contributed by atoms with Crippen LogP contribution in [0, 0.1) is 0 Å². The normalized spacial score (nSPS) is 15.7. The minimum absolute atomic E-state index is 0.00115. The van der Waals surface area contributed by atoms with Crippen LogP contribution in [0.3, 0.4) is 0 Å². The molecule has 7 rings (SSSR count). The standard InChI is InChI=1S/C26H14N2O4S2/c29-23-15-5-1-11-12-2-6-17-22-18(26(32)28(10-34)25(17)31)8-4-14(20(12)22)13-3-7-16(21(15)19(11)13)24(30)27(23)9-33/h1-8,33-34H,9-10H2. The molecule has 6 nitrogen and oxygen atoms in total. The number of benzene rings is 5. The van der Waals surface area contributed by atoms with E-state index >= 15 is 0 Å². The number of fused-ring (bicyclic) bond motifs is 2. The fraction of sp³-hybridized carbons (Fsp3) is 0.0769. The predicted octanol–water partition coefficient (Wildman–Crippen LogP) is 4.70. The van der Waals surface area contributed by atoms with Crippen LogP contribution in [0.4, 0.5) is 0 Å². The minimum Gasteiger partial charge on any atom is -0.269 e. The van der Waals surface area contributed by atoms with Gasteiger partial charge < -0.3 is 0 Å². The first-order valence-corrected chi connectivity index (χ1v) is 11.9. The molecular formula is C26H14N2O4S2. The number of carbonyl (C=O) groups is 4. The molecule has 0 saturated heterocycles. The smallest absolute Gasteiger partial charge is 0.262 e. The van der Waals surface area contributed by atoms with Crippen molar-refractivity contribution in [2.45, 2.75) is 0 Å². The molecule has 0 aromatic heterocycles. The van der Waals surface area contributed by atoms with Crippen LogP contribution in [-0.2, 0) is 0 Å². The summed E-state index contributed by atoms with van der Waals surface area (Å²) in [4.78, 5) is 54.5. The highest BCUT2D eigenvalue weighted by Crippen LogP contribution is 2.46. The Kier molecular flexibility index (Phi) is 3.78. The molecule has 34 heavy (non-hydrogen) atoms. The van der Waals surface area contributed by atoms with Crippen LogP contribution in [0.5, 0.6) is 0 Å². The SMILES string of the molecule is O=C1c2ccc3c4ccc5c6c(ccc(c7ccc(c2c37)C(=O)N1CS)c64)C(=O)N(CS)C5=O. The number of rotatable bonds is 2. The third-order valence-corrected chi connectivity index (χ3v) is 7.65. The van der Waals surface area contributed by atoms with Gasteiger partial charge in [-0.05, 0) is 56.6 Å². The fourth-order valence-corrected chi connectivity index (χ4v) is 6.14. The molecule has 2 aliphatic rings. The van der Waals surface area contributed by atoms with Gasteiger partial charge in [-0.3, -0.25) is 29.0 Å². The molecule has 4 amide bonds. The zero-order chi connectivity index (χ0) is 23.5. The van der Waals surface area contributed by atoms with Crippen molar-refractivity contribution in [3.8, 4) is 0 Å². The molecule has 5 aromatic rings. The zero-order valence-electron chi connectivity index (χ0n) is 17.5. The van der Waals surface area contributed by atoms with Crippen molar-refractivity contribution in [1.29, 1.82) is 0 Å². The minimum atomic E-state index is -0.365. The summed E-state index contributed by atoms with van der Waals surface area (Å²) in [5.74, 6) is -1.46. The van der Waals surface area contributed by atoms with Gasteiger partial charge in [0, 0.05) is 33.0 Å². The van der Waals surface area contributed by atoms with Crippen molar-refractivity contribution >= 4 is 92.0 Å². The lowest BCUT2D eigenvalue weighted by atomic mass is 9.82. The second kappa shape index (κ2) is 6.49. The van der Waals surface area contributed by atoms with Gasteiger partial charge in [-0.1, -0.05) is 24.3 Å². The van der Waals surface area contributed by atoms with Gasteiger partial charge in [0.1, 0.15) is 0 Å². The Morgan fingerprint density at radius 3 is 0.941 bits per heavy atom. The molecule has 0 unspecified atom stereocenters. The second-order valence-corrected chi connectivity index (χ2v) is 9.07. The maximum Gasteiger partial charge on any atom is 0.262 e. The molecule has 2 aliphatic heterocycles. The van der Waals surface area contributed by atoms with E-state index in [2.05, 4.69) is 25.3 Å². The largest absolute Gasteiger partial charge is 0.269 e. The maximum atomic E-state index is 13.0. The van der Waals surface area contributed by atoms with Crippen LogP contribution in [0.15, 0.2) is 48.5 Å². The number of carbonyl (C=O) groups excluding carboxylic acids is 4. The fourth-order valence-electron chi connectivity index (χ4n) is 5.62. The summed E-state index contributed by atoms with van der Waals surface area (Å²) in [7, 11) is 0. The van der Waals surface area contributed by atoms with Crippen LogP contribution in [0.1, 0.15) is 41.4 Å². The van der Waals surface area contributed by atoms with E-state index in [1.165, 1.54) is 0 Å². The molecule has 5 aromatic carbocycles. The highest BCUT2D eigenvalue weighted by Gasteiger charge is 2.36. The Hall–Kier alpha value is -3.62. The van der Waals surface area contributed by atoms with E-state index < -0.39 is 0 Å². The molecule has 0 aliphatic carbocycles. The van der Waals surface area contributed by atoms with Crippen LogP contribution in [0.2, 0.25) is 0 Å². The van der Waals surface area contributed by atoms with E-state index in [1.54, 1.807) is 24.3 Å². The van der Waals surface area contributed by atoms with Crippen LogP contribution >= 0.6 is 25.3 Å². The monoisotopic (exact) mass is 482 g/mol. The lowest BCUT2D eigenvalue weighted by molar-refractivity contribution is 0.0626. The number of amides is 4. The van der Waals surface area contributed by atoms with Gasteiger partial charge in [-0.2, -0.15) is 25.3 Å². The van der Waals surface area contributed by atoms with E-state index in [0.717, 1.165) is 42.1 Å². The Balaban J connectivity index is 1.70. The third kappa shape index (κ3) is 2.11. The Bertz CT molecular complexity index is 1570. The van der Waals surface area contributed by atoms with Crippen LogP contribution in [0.25, 0.3) is 43.1 Å². The molecule has 0 N–H and O–H groups in total. The van der Waals surface area contributed by atoms with E-state index in [0.29, 0.717) is 33.0 Å². The first-order chi connectivity index (χ1) is 16.5. The molecule has 2 heterocycles. The number of hydrogen-bond donors (Lipinski definition) is 2. The molecule has 0 spiro atoms. The van der Waals surface area contributed by atoms with Crippen molar-refractivity contribution in [3.63, 3.8) is 0 Å². The van der Waals surface area contributed by atoms with Gasteiger partial charge in [0.15, 0.2) is 0 Å². The molecule has 0 bridgehead atoms.